The van der Waals surface area contributed by atoms with Gasteiger partial charge in [-0.25, -0.2) is 9.37 Å². The normalized spacial score (nSPS) is 17.8. The number of benzene rings is 2. The summed E-state index contributed by atoms with van der Waals surface area (Å²) in [4.78, 5) is 6.70. The molecule has 0 saturated carbocycles. The number of oxazole rings is 1. The lowest BCUT2D eigenvalue weighted by Crippen LogP contribution is -2.35. The maximum absolute atomic E-state index is 13.2. The summed E-state index contributed by atoms with van der Waals surface area (Å²) in [6.07, 6.45) is 1.46. The maximum Gasteiger partial charge on any atom is 0.209 e. The van der Waals surface area contributed by atoms with Gasteiger partial charge in [0, 0.05) is 6.07 Å². The lowest BCUT2D eigenvalue weighted by molar-refractivity contribution is 0.0545. The molecule has 0 radical (unpaired) electrons. The van der Waals surface area contributed by atoms with Gasteiger partial charge in [0.2, 0.25) is 5.89 Å². The van der Waals surface area contributed by atoms with E-state index in [0.717, 1.165) is 31.5 Å². The topological polar surface area (TPSA) is 49.5 Å². The molecule has 4 nitrogen and oxygen atoms in total. The van der Waals surface area contributed by atoms with E-state index >= 15 is 0 Å². The molecule has 0 amide bonds. The molecule has 1 aliphatic heterocycles. The molecule has 1 aliphatic rings. The lowest BCUT2D eigenvalue weighted by atomic mass is 9.87. The van der Waals surface area contributed by atoms with E-state index in [-0.39, 0.29) is 11.7 Å². The average molecular weight is 340 g/mol. The van der Waals surface area contributed by atoms with Gasteiger partial charge in [0.15, 0.2) is 5.58 Å². The smallest absolute Gasteiger partial charge is 0.209 e. The molecule has 130 valence electrons. The zero-order valence-electron chi connectivity index (χ0n) is 13.9. The molecule has 4 rings (SSSR count). The van der Waals surface area contributed by atoms with Crippen molar-refractivity contribution in [2.75, 3.05) is 13.1 Å². The van der Waals surface area contributed by atoms with Crippen molar-refractivity contribution in [3.8, 4) is 0 Å². The fraction of sp³-hybridized carbons (Fsp3) is 0.350. The first-order valence-corrected chi connectivity index (χ1v) is 8.69. The number of hydrogen-bond donors (Lipinski definition) is 1. The molecule has 0 aliphatic carbocycles. The fourth-order valence-electron chi connectivity index (χ4n) is 3.55. The third-order valence-corrected chi connectivity index (χ3v) is 4.97. The number of nitrogens with zero attached hydrogens (tertiary/aromatic N) is 2. The van der Waals surface area contributed by atoms with Crippen LogP contribution in [0.2, 0.25) is 0 Å². The number of piperidine rings is 1. The van der Waals surface area contributed by atoms with Gasteiger partial charge in [0.25, 0.3) is 0 Å². The highest BCUT2D eigenvalue weighted by molar-refractivity contribution is 5.72. The molecule has 0 spiro atoms. The van der Waals surface area contributed by atoms with Crippen LogP contribution in [0.1, 0.15) is 30.4 Å². The first-order valence-electron chi connectivity index (χ1n) is 8.69. The zero-order valence-corrected chi connectivity index (χ0v) is 13.9. The Hall–Kier alpha value is -2.24. The minimum Gasteiger partial charge on any atom is -0.439 e. The van der Waals surface area contributed by atoms with Gasteiger partial charge >= 0.3 is 0 Å². The Morgan fingerprint density at radius 2 is 1.92 bits per heavy atom. The monoisotopic (exact) mass is 340 g/mol. The standard InChI is InChI=1S/C20H21FN2O2/c21-16-6-7-17-18(12-16)25-19(22-17)13-23-10-8-15(9-11-23)20(24)14-4-2-1-3-5-14/h1-7,12,15,20,24H,8-11,13H2. The molecule has 25 heavy (non-hydrogen) atoms. The Morgan fingerprint density at radius 1 is 1.16 bits per heavy atom. The van der Waals surface area contributed by atoms with Gasteiger partial charge in [-0.15, -0.1) is 0 Å². The van der Waals surface area contributed by atoms with Crippen molar-refractivity contribution in [3.63, 3.8) is 0 Å². The van der Waals surface area contributed by atoms with Gasteiger partial charge in [0.1, 0.15) is 11.3 Å². The third-order valence-electron chi connectivity index (χ3n) is 4.97. The third kappa shape index (κ3) is 3.57. The summed E-state index contributed by atoms with van der Waals surface area (Å²) in [5.41, 5.74) is 2.16. The summed E-state index contributed by atoms with van der Waals surface area (Å²) >= 11 is 0. The SMILES string of the molecule is OC(c1ccccc1)C1CCN(Cc2nc3ccc(F)cc3o2)CC1. The summed E-state index contributed by atoms with van der Waals surface area (Å²) in [6, 6.07) is 14.3. The predicted octanol–water partition coefficient (Wildman–Crippen LogP) is 3.91. The van der Waals surface area contributed by atoms with Gasteiger partial charge < -0.3 is 9.52 Å². The summed E-state index contributed by atoms with van der Waals surface area (Å²) in [7, 11) is 0. The maximum atomic E-state index is 13.2. The van der Waals surface area contributed by atoms with Crippen LogP contribution in [0.25, 0.3) is 11.1 Å². The van der Waals surface area contributed by atoms with E-state index in [9.17, 15) is 9.50 Å². The van der Waals surface area contributed by atoms with E-state index in [0.29, 0.717) is 23.5 Å². The second kappa shape index (κ2) is 6.94. The predicted molar refractivity (Wildman–Crippen MR) is 93.4 cm³/mol. The Kier molecular flexibility index (Phi) is 4.51. The quantitative estimate of drug-likeness (QED) is 0.782. The molecular weight excluding hydrogens is 319 g/mol. The second-order valence-electron chi connectivity index (χ2n) is 6.69. The number of aromatic nitrogens is 1. The molecule has 2 aromatic carbocycles. The zero-order chi connectivity index (χ0) is 17.2. The molecule has 1 unspecified atom stereocenters. The van der Waals surface area contributed by atoms with Crippen LogP contribution >= 0.6 is 0 Å². The van der Waals surface area contributed by atoms with E-state index in [1.54, 1.807) is 6.07 Å². The first kappa shape index (κ1) is 16.2. The molecule has 1 saturated heterocycles. The van der Waals surface area contributed by atoms with Crippen molar-refractivity contribution < 1.29 is 13.9 Å². The number of aliphatic hydroxyl groups excluding tert-OH is 1. The van der Waals surface area contributed by atoms with Crippen LogP contribution in [-0.4, -0.2) is 28.1 Å². The van der Waals surface area contributed by atoms with Crippen molar-refractivity contribution in [2.45, 2.75) is 25.5 Å². The Bertz CT molecular complexity index is 841. The van der Waals surface area contributed by atoms with Crippen LogP contribution in [-0.2, 0) is 6.54 Å². The van der Waals surface area contributed by atoms with Crippen molar-refractivity contribution in [2.24, 2.45) is 5.92 Å². The molecule has 3 aromatic rings. The van der Waals surface area contributed by atoms with Crippen LogP contribution in [0.5, 0.6) is 0 Å². The second-order valence-corrected chi connectivity index (χ2v) is 6.69. The minimum absolute atomic E-state index is 0.274. The van der Waals surface area contributed by atoms with Crippen molar-refractivity contribution in [3.05, 3.63) is 65.8 Å². The van der Waals surface area contributed by atoms with Gasteiger partial charge in [-0.2, -0.15) is 0 Å². The minimum atomic E-state index is -0.407. The van der Waals surface area contributed by atoms with Crippen LogP contribution in [0, 0.1) is 11.7 Å². The van der Waals surface area contributed by atoms with E-state index in [1.807, 2.05) is 30.3 Å². The number of likely N-dealkylation sites (tertiary alicyclic amines) is 1. The largest absolute Gasteiger partial charge is 0.439 e. The molecule has 1 N–H and O–H groups in total. The van der Waals surface area contributed by atoms with E-state index in [2.05, 4.69) is 9.88 Å². The number of fused-ring (bicyclic) bond motifs is 1. The molecule has 1 aromatic heterocycles. The van der Waals surface area contributed by atoms with Crippen LogP contribution in [0.4, 0.5) is 4.39 Å². The van der Waals surface area contributed by atoms with E-state index in [4.69, 9.17) is 4.42 Å². The van der Waals surface area contributed by atoms with E-state index in [1.165, 1.54) is 12.1 Å². The number of halogens is 1. The van der Waals surface area contributed by atoms with Crippen LogP contribution in [0.15, 0.2) is 52.9 Å². The molecule has 2 heterocycles. The van der Waals surface area contributed by atoms with Crippen LogP contribution in [0.3, 0.4) is 0 Å². The average Bonchev–Trinajstić information content (AvgIpc) is 3.04. The molecule has 0 bridgehead atoms. The molecular formula is C20H21FN2O2. The summed E-state index contributed by atoms with van der Waals surface area (Å²) < 4.78 is 18.9. The van der Waals surface area contributed by atoms with Gasteiger partial charge in [0.05, 0.1) is 12.6 Å². The van der Waals surface area contributed by atoms with Gasteiger partial charge in [-0.3, -0.25) is 4.90 Å². The fourth-order valence-corrected chi connectivity index (χ4v) is 3.55. The molecule has 1 atom stereocenters. The van der Waals surface area contributed by atoms with Crippen LogP contribution < -0.4 is 0 Å². The number of aliphatic hydroxyl groups is 1. The highest BCUT2D eigenvalue weighted by Crippen LogP contribution is 2.31. The van der Waals surface area contributed by atoms with Crippen molar-refractivity contribution >= 4 is 11.1 Å². The molecule has 5 heteroatoms. The molecule has 1 fully saturated rings. The highest BCUT2D eigenvalue weighted by Gasteiger charge is 2.26. The Balaban J connectivity index is 1.36. The van der Waals surface area contributed by atoms with Crippen molar-refractivity contribution in [1.82, 2.24) is 9.88 Å². The Morgan fingerprint density at radius 3 is 2.68 bits per heavy atom. The number of hydrogen-bond acceptors (Lipinski definition) is 4. The van der Waals surface area contributed by atoms with Gasteiger partial charge in [-0.1, -0.05) is 30.3 Å². The van der Waals surface area contributed by atoms with Crippen molar-refractivity contribution in [1.29, 1.82) is 0 Å². The summed E-state index contributed by atoms with van der Waals surface area (Å²) in [5, 5.41) is 10.6. The first-order chi connectivity index (χ1) is 12.2. The number of rotatable bonds is 4. The Labute approximate surface area is 145 Å². The van der Waals surface area contributed by atoms with Gasteiger partial charge in [-0.05, 0) is 49.5 Å². The lowest BCUT2D eigenvalue weighted by Gasteiger charge is -2.33. The summed E-state index contributed by atoms with van der Waals surface area (Å²) in [6.45, 7) is 2.40. The highest BCUT2D eigenvalue weighted by atomic mass is 19.1. The summed E-state index contributed by atoms with van der Waals surface area (Å²) in [5.74, 6) is 0.574. The van der Waals surface area contributed by atoms with E-state index < -0.39 is 6.10 Å².